The SMILES string of the molecule is COc1cc(OC)c(C(c2ccc3ccccc3c2)N2CCCC2C(=O)O)cc1OC. The molecule has 6 nitrogen and oxygen atoms in total. The van der Waals surface area contributed by atoms with Crippen molar-refractivity contribution < 1.29 is 24.1 Å². The average Bonchev–Trinajstić information content (AvgIpc) is 3.28. The monoisotopic (exact) mass is 421 g/mol. The van der Waals surface area contributed by atoms with Gasteiger partial charge in [-0.25, -0.2) is 0 Å². The molecule has 0 spiro atoms. The van der Waals surface area contributed by atoms with Crippen LogP contribution in [0.15, 0.2) is 54.6 Å². The molecule has 0 radical (unpaired) electrons. The fourth-order valence-electron chi connectivity index (χ4n) is 4.56. The second-order valence-corrected chi connectivity index (χ2v) is 7.69. The van der Waals surface area contributed by atoms with Crippen molar-refractivity contribution in [3.05, 3.63) is 65.7 Å². The minimum Gasteiger partial charge on any atom is -0.496 e. The predicted molar refractivity (Wildman–Crippen MR) is 119 cm³/mol. The highest BCUT2D eigenvalue weighted by molar-refractivity contribution is 5.83. The molecule has 3 aromatic carbocycles. The summed E-state index contributed by atoms with van der Waals surface area (Å²) in [5.41, 5.74) is 1.86. The minimum atomic E-state index is -0.803. The quantitative estimate of drug-likeness (QED) is 0.606. The molecule has 4 rings (SSSR count). The van der Waals surface area contributed by atoms with E-state index in [2.05, 4.69) is 35.2 Å². The van der Waals surface area contributed by atoms with Crippen molar-refractivity contribution in [2.24, 2.45) is 0 Å². The number of methoxy groups -OCH3 is 3. The van der Waals surface area contributed by atoms with Crippen LogP contribution in [0.2, 0.25) is 0 Å². The van der Waals surface area contributed by atoms with Crippen LogP contribution in [0.25, 0.3) is 10.8 Å². The normalized spacial score (nSPS) is 17.5. The first-order valence-electron chi connectivity index (χ1n) is 10.3. The maximum absolute atomic E-state index is 12.1. The van der Waals surface area contributed by atoms with Crippen LogP contribution >= 0.6 is 0 Å². The smallest absolute Gasteiger partial charge is 0.320 e. The number of carboxylic acids is 1. The Morgan fingerprint density at radius 3 is 2.29 bits per heavy atom. The summed E-state index contributed by atoms with van der Waals surface area (Å²) in [6, 6.07) is 17.3. The molecule has 162 valence electrons. The molecule has 2 unspecified atom stereocenters. The summed E-state index contributed by atoms with van der Waals surface area (Å²) in [5, 5.41) is 12.1. The fourth-order valence-corrected chi connectivity index (χ4v) is 4.56. The van der Waals surface area contributed by atoms with Gasteiger partial charge in [-0.15, -0.1) is 0 Å². The Hall–Kier alpha value is -3.25. The Labute approximate surface area is 182 Å². The standard InChI is InChI=1S/C25H27NO5/c1-29-21-15-23(31-3)22(30-2)14-19(21)24(26-12-6-9-20(26)25(27)28)18-11-10-16-7-4-5-8-17(16)13-18/h4-5,7-8,10-11,13-15,20,24H,6,9,12H2,1-3H3,(H,27,28). The average molecular weight is 421 g/mol. The number of aliphatic carboxylic acids is 1. The number of fused-ring (bicyclic) bond motifs is 1. The highest BCUT2D eigenvalue weighted by atomic mass is 16.5. The largest absolute Gasteiger partial charge is 0.496 e. The highest BCUT2D eigenvalue weighted by Crippen LogP contribution is 2.44. The Kier molecular flexibility index (Phi) is 6.00. The molecule has 1 N–H and O–H groups in total. The van der Waals surface area contributed by atoms with E-state index in [1.165, 1.54) is 0 Å². The third-order valence-electron chi connectivity index (χ3n) is 6.03. The van der Waals surface area contributed by atoms with Gasteiger partial charge < -0.3 is 19.3 Å². The molecule has 1 saturated heterocycles. The van der Waals surface area contributed by atoms with Gasteiger partial charge in [-0.3, -0.25) is 9.69 Å². The van der Waals surface area contributed by atoms with Crippen LogP contribution in [0.5, 0.6) is 17.2 Å². The van der Waals surface area contributed by atoms with Crippen LogP contribution in [0.4, 0.5) is 0 Å². The summed E-state index contributed by atoms with van der Waals surface area (Å²) in [4.78, 5) is 14.1. The molecule has 1 fully saturated rings. The van der Waals surface area contributed by atoms with Gasteiger partial charge in [0.05, 0.1) is 27.4 Å². The third kappa shape index (κ3) is 3.91. The summed E-state index contributed by atoms with van der Waals surface area (Å²) in [6.45, 7) is 0.686. The molecule has 1 aliphatic heterocycles. The Morgan fingerprint density at radius 2 is 1.61 bits per heavy atom. The van der Waals surface area contributed by atoms with Crippen LogP contribution in [0.3, 0.4) is 0 Å². The van der Waals surface area contributed by atoms with E-state index in [1.807, 2.05) is 18.2 Å². The fraction of sp³-hybridized carbons (Fsp3) is 0.320. The summed E-state index contributed by atoms with van der Waals surface area (Å²) in [7, 11) is 4.79. The lowest BCUT2D eigenvalue weighted by Gasteiger charge is -2.33. The van der Waals surface area contributed by atoms with Crippen LogP contribution < -0.4 is 14.2 Å². The number of benzene rings is 3. The Balaban J connectivity index is 1.93. The molecule has 1 aliphatic rings. The van der Waals surface area contributed by atoms with Crippen molar-refractivity contribution in [3.8, 4) is 17.2 Å². The van der Waals surface area contributed by atoms with E-state index in [-0.39, 0.29) is 6.04 Å². The molecular formula is C25H27NO5. The predicted octanol–water partition coefficient (Wildman–Crippen LogP) is 4.50. The number of hydrogen-bond acceptors (Lipinski definition) is 5. The Bertz CT molecular complexity index is 1100. The number of rotatable bonds is 7. The van der Waals surface area contributed by atoms with Crippen molar-refractivity contribution in [1.29, 1.82) is 0 Å². The number of carboxylic acid groups (broad SMARTS) is 1. The van der Waals surface area contributed by atoms with Crippen molar-refractivity contribution in [2.75, 3.05) is 27.9 Å². The summed E-state index contributed by atoms with van der Waals surface area (Å²) in [6.07, 6.45) is 1.45. The summed E-state index contributed by atoms with van der Waals surface area (Å²) in [5.74, 6) is 0.973. The van der Waals surface area contributed by atoms with Crippen molar-refractivity contribution in [3.63, 3.8) is 0 Å². The van der Waals surface area contributed by atoms with E-state index in [1.54, 1.807) is 27.4 Å². The van der Waals surface area contributed by atoms with Gasteiger partial charge in [-0.2, -0.15) is 0 Å². The van der Waals surface area contributed by atoms with Crippen LogP contribution in [0.1, 0.15) is 30.0 Å². The lowest BCUT2D eigenvalue weighted by molar-refractivity contribution is -0.142. The maximum atomic E-state index is 12.1. The Morgan fingerprint density at radius 1 is 0.935 bits per heavy atom. The zero-order chi connectivity index (χ0) is 22.0. The van der Waals surface area contributed by atoms with Crippen LogP contribution in [-0.2, 0) is 4.79 Å². The van der Waals surface area contributed by atoms with Gasteiger partial charge in [0.25, 0.3) is 0 Å². The number of carbonyl (C=O) groups is 1. The minimum absolute atomic E-state index is 0.303. The van der Waals surface area contributed by atoms with Crippen molar-refractivity contribution in [2.45, 2.75) is 24.9 Å². The molecule has 2 atom stereocenters. The van der Waals surface area contributed by atoms with E-state index in [4.69, 9.17) is 14.2 Å². The lowest BCUT2D eigenvalue weighted by atomic mass is 9.93. The first-order chi connectivity index (χ1) is 15.1. The highest BCUT2D eigenvalue weighted by Gasteiger charge is 2.38. The van der Waals surface area contributed by atoms with Gasteiger partial charge in [-0.1, -0.05) is 36.4 Å². The number of ether oxygens (including phenoxy) is 3. The van der Waals surface area contributed by atoms with E-state index in [0.717, 1.165) is 28.3 Å². The maximum Gasteiger partial charge on any atom is 0.320 e. The van der Waals surface area contributed by atoms with Crippen molar-refractivity contribution >= 4 is 16.7 Å². The molecular weight excluding hydrogens is 394 g/mol. The first-order valence-corrected chi connectivity index (χ1v) is 10.3. The molecule has 0 amide bonds. The van der Waals surface area contributed by atoms with Gasteiger partial charge in [0, 0.05) is 18.2 Å². The molecule has 0 aromatic heterocycles. The van der Waals surface area contributed by atoms with Crippen LogP contribution in [0, 0.1) is 0 Å². The van der Waals surface area contributed by atoms with E-state index in [9.17, 15) is 9.90 Å². The van der Waals surface area contributed by atoms with Gasteiger partial charge in [0.1, 0.15) is 11.8 Å². The summed E-state index contributed by atoms with van der Waals surface area (Å²) < 4.78 is 16.7. The van der Waals surface area contributed by atoms with Gasteiger partial charge in [0.2, 0.25) is 0 Å². The molecule has 0 aliphatic carbocycles. The second kappa shape index (κ2) is 8.86. The van der Waals surface area contributed by atoms with Gasteiger partial charge in [-0.05, 0) is 41.3 Å². The number of nitrogens with zero attached hydrogens (tertiary/aromatic N) is 1. The molecule has 3 aromatic rings. The number of hydrogen-bond donors (Lipinski definition) is 1. The molecule has 0 bridgehead atoms. The topological polar surface area (TPSA) is 68.2 Å². The van der Waals surface area contributed by atoms with Gasteiger partial charge >= 0.3 is 5.97 Å². The van der Waals surface area contributed by atoms with E-state index in [0.29, 0.717) is 30.2 Å². The summed E-state index contributed by atoms with van der Waals surface area (Å²) >= 11 is 0. The first kappa shape index (κ1) is 21.0. The molecule has 0 saturated carbocycles. The second-order valence-electron chi connectivity index (χ2n) is 7.69. The van der Waals surface area contributed by atoms with Crippen molar-refractivity contribution in [1.82, 2.24) is 4.90 Å². The number of likely N-dealkylation sites (tertiary alicyclic amines) is 1. The zero-order valence-electron chi connectivity index (χ0n) is 18.0. The molecule has 31 heavy (non-hydrogen) atoms. The zero-order valence-corrected chi connectivity index (χ0v) is 18.0. The lowest BCUT2D eigenvalue weighted by Crippen LogP contribution is -2.39. The molecule has 1 heterocycles. The van der Waals surface area contributed by atoms with E-state index < -0.39 is 12.0 Å². The van der Waals surface area contributed by atoms with E-state index >= 15 is 0 Å². The van der Waals surface area contributed by atoms with Gasteiger partial charge in [0.15, 0.2) is 11.5 Å². The van der Waals surface area contributed by atoms with Crippen LogP contribution in [-0.4, -0.2) is 49.9 Å². The third-order valence-corrected chi connectivity index (χ3v) is 6.03. The molecule has 6 heteroatoms.